The van der Waals surface area contributed by atoms with Crippen LogP contribution in [0, 0.1) is 0 Å². The quantitative estimate of drug-likeness (QED) is 0.0177. The van der Waals surface area contributed by atoms with Crippen molar-refractivity contribution in [3.8, 4) is 0 Å². The molecule has 21 heteroatoms. The fraction of sp³-hybridized carbons (Fsp3) is 0.333. The predicted molar refractivity (Wildman–Crippen MR) is 252 cm³/mol. The number of aromatic nitrogens is 1. The topological polar surface area (TPSA) is 213 Å². The number of β-lactam (4-membered cyclic amide) rings is 1. The smallest absolute Gasteiger partial charge is 0.444 e. The number of carbonyl (C=O) groups is 6. The summed E-state index contributed by atoms with van der Waals surface area (Å²) in [4.78, 5) is 92.4. The van der Waals surface area contributed by atoms with Crippen molar-refractivity contribution < 1.29 is 61.3 Å². The van der Waals surface area contributed by atoms with Crippen molar-refractivity contribution in [3.63, 3.8) is 0 Å². The first kappa shape index (κ1) is 51.3. The Morgan fingerprint density at radius 2 is 1.43 bits per heavy atom. The second kappa shape index (κ2) is 22.3. The summed E-state index contributed by atoms with van der Waals surface area (Å²) in [7, 11) is 0. The van der Waals surface area contributed by atoms with Crippen LogP contribution in [0.4, 0.5) is 23.5 Å². The van der Waals surface area contributed by atoms with Gasteiger partial charge >= 0.3 is 18.2 Å². The second-order valence-corrected chi connectivity index (χ2v) is 18.6. The van der Waals surface area contributed by atoms with Gasteiger partial charge in [0.05, 0.1) is 6.10 Å². The third kappa shape index (κ3) is 12.7. The van der Waals surface area contributed by atoms with Crippen LogP contribution < -0.4 is 16.0 Å². The molecule has 1 fully saturated rings. The molecule has 2 aliphatic rings. The number of anilines is 1. The Morgan fingerprint density at radius 3 is 1.97 bits per heavy atom. The van der Waals surface area contributed by atoms with Gasteiger partial charge in [0.1, 0.15) is 34.4 Å². The van der Waals surface area contributed by atoms with Gasteiger partial charge in [-0.1, -0.05) is 102 Å². The Morgan fingerprint density at radius 1 is 0.855 bits per heavy atom. The number of esters is 1. The van der Waals surface area contributed by atoms with Gasteiger partial charge < -0.3 is 39.7 Å². The molecule has 4 atom stereocenters. The van der Waals surface area contributed by atoms with E-state index in [0.717, 1.165) is 34.1 Å². The van der Waals surface area contributed by atoms with Gasteiger partial charge in [-0.25, -0.2) is 28.1 Å². The van der Waals surface area contributed by atoms with Crippen molar-refractivity contribution in [2.45, 2.75) is 95.9 Å². The van der Waals surface area contributed by atoms with Crippen LogP contribution in [0.2, 0.25) is 0 Å². The lowest BCUT2D eigenvalue weighted by Gasteiger charge is -2.49. The van der Waals surface area contributed by atoms with E-state index in [0.29, 0.717) is 22.8 Å². The van der Waals surface area contributed by atoms with Crippen LogP contribution in [0.1, 0.15) is 70.9 Å². The number of benzene rings is 3. The zero-order valence-corrected chi connectivity index (χ0v) is 40.1. The number of carbonyl (C=O) groups excluding carboxylic acids is 6. The lowest BCUT2D eigenvalue weighted by Crippen LogP contribution is -2.71. The molecule has 2 aliphatic heterocycles. The summed E-state index contributed by atoms with van der Waals surface area (Å²) in [6.07, 6.45) is -5.37. The van der Waals surface area contributed by atoms with E-state index in [1.54, 1.807) is 34.6 Å². The first-order valence-corrected chi connectivity index (χ1v) is 23.4. The highest BCUT2D eigenvalue weighted by molar-refractivity contribution is 8.00. The third-order valence-corrected chi connectivity index (χ3v) is 12.0. The molecule has 364 valence electrons. The monoisotopic (exact) mass is 988 g/mol. The number of thioether (sulfide) groups is 1. The Bertz CT molecular complexity index is 2510. The molecule has 0 saturated carbocycles. The van der Waals surface area contributed by atoms with Crippen LogP contribution in [0.25, 0.3) is 0 Å². The number of alkyl carbamates (subject to hydrolysis) is 1. The van der Waals surface area contributed by atoms with E-state index in [1.807, 2.05) is 91.0 Å². The maximum Gasteiger partial charge on any atom is 0.511 e. The minimum atomic E-state index is -2.90. The van der Waals surface area contributed by atoms with E-state index in [9.17, 15) is 37.5 Å². The van der Waals surface area contributed by atoms with Crippen LogP contribution in [0.5, 0.6) is 0 Å². The van der Waals surface area contributed by atoms with Crippen LogP contribution >= 0.6 is 23.1 Å². The fourth-order valence-corrected chi connectivity index (χ4v) is 8.96. The van der Waals surface area contributed by atoms with Gasteiger partial charge in [-0.05, 0) is 53.2 Å². The Kier molecular flexibility index (Phi) is 16.6. The number of ether oxygens (including phenoxy) is 4. The first-order valence-electron chi connectivity index (χ1n) is 21.5. The summed E-state index contributed by atoms with van der Waals surface area (Å²) < 4.78 is 47.3. The highest BCUT2D eigenvalue weighted by Crippen LogP contribution is 2.43. The Labute approximate surface area is 404 Å². The Balaban J connectivity index is 1.35. The molecule has 4 aromatic rings. The molecule has 3 N–H and O–H groups in total. The summed E-state index contributed by atoms with van der Waals surface area (Å²) in [5.41, 5.74) is -1.31. The van der Waals surface area contributed by atoms with Crippen LogP contribution in [-0.2, 0) is 48.6 Å². The largest absolute Gasteiger partial charge is 0.511 e. The molecule has 3 heterocycles. The SMILES string of the molecule is CC(C)OC(=O)OC(C)OC(=O)C1=C(/C=C\C(F)F)CS[C@@H]2[C@H](NC(=O)/C(=N\OC(c3ccccc3)(c3ccccc3)c3ccccc3)c3csc(NC(=O)[C@H](C)NC(=O)OC(C)(C)C)n3)C(=O)N12. The summed E-state index contributed by atoms with van der Waals surface area (Å²) in [6, 6.07) is 25.1. The fourth-order valence-electron chi connectivity index (χ4n) is 6.94. The number of thiazole rings is 1. The maximum atomic E-state index is 14.7. The minimum Gasteiger partial charge on any atom is -0.444 e. The highest BCUT2D eigenvalue weighted by atomic mass is 32.2. The van der Waals surface area contributed by atoms with Crippen molar-refractivity contribution in [3.05, 3.63) is 142 Å². The molecule has 1 unspecified atom stereocenters. The second-order valence-electron chi connectivity index (χ2n) is 16.6. The lowest BCUT2D eigenvalue weighted by atomic mass is 9.80. The molecule has 0 radical (unpaired) electrons. The molecule has 0 aliphatic carbocycles. The Hall–Kier alpha value is -7.13. The van der Waals surface area contributed by atoms with E-state index in [2.05, 4.69) is 26.1 Å². The average molecular weight is 989 g/mol. The number of hydrogen-bond donors (Lipinski definition) is 3. The van der Waals surface area contributed by atoms with Crippen LogP contribution in [-0.4, -0.2) is 99.2 Å². The van der Waals surface area contributed by atoms with Crippen molar-refractivity contribution >= 4 is 69.9 Å². The van der Waals surface area contributed by atoms with Crippen LogP contribution in [0.3, 0.4) is 0 Å². The van der Waals surface area contributed by atoms with Gasteiger partial charge in [0.15, 0.2) is 10.8 Å². The number of allylic oxidation sites excluding steroid dienone is 2. The minimum absolute atomic E-state index is 0.0101. The van der Waals surface area contributed by atoms with Crippen molar-refractivity contribution in [2.75, 3.05) is 11.1 Å². The number of fused-ring (bicyclic) bond motifs is 1. The number of nitrogens with one attached hydrogen (secondary N) is 3. The predicted octanol–water partition coefficient (Wildman–Crippen LogP) is 7.63. The molecule has 1 aromatic heterocycles. The molecular formula is C48H50F2N6O11S2. The molecule has 1 saturated heterocycles. The van der Waals surface area contributed by atoms with Gasteiger partial charge in [0, 0.05) is 34.7 Å². The molecular weight excluding hydrogens is 939 g/mol. The van der Waals surface area contributed by atoms with Gasteiger partial charge in [-0.3, -0.25) is 19.3 Å². The first-order chi connectivity index (χ1) is 32.8. The molecule has 6 rings (SSSR count). The van der Waals surface area contributed by atoms with Gasteiger partial charge in [-0.15, -0.1) is 23.1 Å². The van der Waals surface area contributed by atoms with Gasteiger partial charge in [0.25, 0.3) is 18.2 Å². The van der Waals surface area contributed by atoms with Crippen LogP contribution in [0.15, 0.2) is 125 Å². The van der Waals surface area contributed by atoms with E-state index < -0.39 is 94.8 Å². The third-order valence-electron chi connectivity index (χ3n) is 9.92. The number of alkyl halides is 2. The number of halogens is 2. The zero-order chi connectivity index (χ0) is 50.0. The maximum absolute atomic E-state index is 14.7. The van der Waals surface area contributed by atoms with Gasteiger partial charge in [0.2, 0.25) is 17.8 Å². The molecule has 3 aromatic carbocycles. The normalized spacial score (nSPS) is 17.1. The number of hydrogen-bond acceptors (Lipinski definition) is 15. The number of rotatable bonds is 17. The van der Waals surface area contributed by atoms with Gasteiger partial charge in [-0.2, -0.15) is 0 Å². The van der Waals surface area contributed by atoms with E-state index in [4.69, 9.17) is 23.8 Å². The molecule has 4 amide bonds. The summed E-state index contributed by atoms with van der Waals surface area (Å²) >= 11 is 2.01. The standard InChI is InChI=1S/C48H50F2N6O11S2/c1-27(2)63-46(62)65-29(4)64-43(60)38-30(23-24-35(49)50)25-68-42-37(41(59)56(38)42)53-40(58)36(34-26-69-44(52-34)54-39(57)28(3)51-45(61)66-47(5,6)7)55-67-48(31-17-11-8-12-18-31,32-19-13-9-14-20-32)33-21-15-10-16-22-33/h8-24,26-29,35,37,42H,25H2,1-7H3,(H,51,61)(H,53,58)(H,52,54,57)/b24-23-,55-36-/t28-,29?,37+,42+/m0/s1. The number of amides is 4. The van der Waals surface area contributed by atoms with Crippen molar-refractivity contribution in [2.24, 2.45) is 5.16 Å². The molecule has 69 heavy (non-hydrogen) atoms. The van der Waals surface area contributed by atoms with E-state index in [-0.39, 0.29) is 22.2 Å². The average Bonchev–Trinajstić information content (AvgIpc) is 3.76. The summed E-state index contributed by atoms with van der Waals surface area (Å²) in [5, 5.41) is 12.8. The van der Waals surface area contributed by atoms with Crippen molar-refractivity contribution in [1.29, 1.82) is 0 Å². The summed E-state index contributed by atoms with van der Waals surface area (Å²) in [5.74, 6) is -3.67. The number of oxime groups is 1. The lowest BCUT2D eigenvalue weighted by molar-refractivity contribution is -0.169. The zero-order valence-electron chi connectivity index (χ0n) is 38.5. The van der Waals surface area contributed by atoms with E-state index >= 15 is 0 Å². The molecule has 0 bridgehead atoms. The van der Waals surface area contributed by atoms with Crippen molar-refractivity contribution in [1.82, 2.24) is 20.5 Å². The highest BCUT2D eigenvalue weighted by Gasteiger charge is 2.55. The number of nitrogens with zero attached hydrogens (tertiary/aromatic N) is 3. The van der Waals surface area contributed by atoms with E-state index in [1.165, 1.54) is 19.2 Å². The summed E-state index contributed by atoms with van der Waals surface area (Å²) in [6.45, 7) is 10.9. The molecule has 17 nitrogen and oxygen atoms in total. The molecule has 0 spiro atoms.